The molecule has 1 unspecified atom stereocenters. The van der Waals surface area contributed by atoms with E-state index in [1.54, 1.807) is 0 Å². The lowest BCUT2D eigenvalue weighted by atomic mass is 9.97. The number of aryl methyl sites for hydroxylation is 2. The van der Waals surface area contributed by atoms with Gasteiger partial charge >= 0.3 is 0 Å². The minimum atomic E-state index is 0.150. The van der Waals surface area contributed by atoms with Crippen molar-refractivity contribution in [1.29, 1.82) is 0 Å². The summed E-state index contributed by atoms with van der Waals surface area (Å²) in [6.07, 6.45) is 2.05. The molecule has 2 heterocycles. The van der Waals surface area contributed by atoms with Crippen LogP contribution in [-0.2, 0) is 18.3 Å². The van der Waals surface area contributed by atoms with Crippen molar-refractivity contribution in [1.82, 2.24) is 9.55 Å². The second-order valence-electron chi connectivity index (χ2n) is 6.51. The van der Waals surface area contributed by atoms with Crippen molar-refractivity contribution in [2.45, 2.75) is 31.0 Å². The highest BCUT2D eigenvalue weighted by molar-refractivity contribution is 7.99. The molecule has 4 rings (SSSR count). The Kier molecular flexibility index (Phi) is 4.25. The maximum atomic E-state index is 12.9. The second-order valence-corrected chi connectivity index (χ2v) is 7.45. The van der Waals surface area contributed by atoms with Gasteiger partial charge in [0.25, 0.3) is 0 Å². The number of aromatic nitrogens is 2. The first-order chi connectivity index (χ1) is 12.1. The Hall–Kier alpha value is -2.27. The number of carbonyl (C=O) groups is 1. The molecule has 128 valence electrons. The van der Waals surface area contributed by atoms with E-state index in [2.05, 4.69) is 34.7 Å². The van der Waals surface area contributed by atoms with Crippen LogP contribution in [0.3, 0.4) is 0 Å². The molecular formula is C20H21N3OS. The molecule has 5 heteroatoms. The van der Waals surface area contributed by atoms with E-state index in [9.17, 15) is 4.79 Å². The molecule has 4 nitrogen and oxygen atoms in total. The molecule has 0 aliphatic carbocycles. The summed E-state index contributed by atoms with van der Waals surface area (Å²) >= 11 is 1.51. The van der Waals surface area contributed by atoms with Gasteiger partial charge in [-0.1, -0.05) is 42.1 Å². The SMILES string of the molecule is CC1CCc2ccccc2N1C(=O)CSc1nc2ccccc2n1C. The van der Waals surface area contributed by atoms with E-state index < -0.39 is 0 Å². The van der Waals surface area contributed by atoms with E-state index in [1.807, 2.05) is 42.3 Å². The van der Waals surface area contributed by atoms with Gasteiger partial charge in [-0.25, -0.2) is 4.98 Å². The van der Waals surface area contributed by atoms with Crippen molar-refractivity contribution in [3.8, 4) is 0 Å². The number of carbonyl (C=O) groups excluding carboxylic acids is 1. The first-order valence-electron chi connectivity index (χ1n) is 8.59. The summed E-state index contributed by atoms with van der Waals surface area (Å²) in [5, 5.41) is 0.882. The molecule has 0 bridgehead atoms. The first-order valence-corrected chi connectivity index (χ1v) is 9.58. The highest BCUT2D eigenvalue weighted by atomic mass is 32.2. The van der Waals surface area contributed by atoms with Crippen LogP contribution in [0.4, 0.5) is 5.69 Å². The van der Waals surface area contributed by atoms with Crippen molar-refractivity contribution in [2.75, 3.05) is 10.7 Å². The summed E-state index contributed by atoms with van der Waals surface area (Å²) in [4.78, 5) is 19.6. The molecule has 1 aromatic heterocycles. The molecule has 1 atom stereocenters. The zero-order valence-electron chi connectivity index (χ0n) is 14.5. The Balaban J connectivity index is 1.55. The topological polar surface area (TPSA) is 38.1 Å². The molecule has 0 N–H and O–H groups in total. The van der Waals surface area contributed by atoms with E-state index in [0.29, 0.717) is 5.75 Å². The number of anilines is 1. The van der Waals surface area contributed by atoms with E-state index >= 15 is 0 Å². The van der Waals surface area contributed by atoms with Gasteiger partial charge in [-0.15, -0.1) is 0 Å². The number of benzene rings is 2. The van der Waals surface area contributed by atoms with Crippen LogP contribution in [-0.4, -0.2) is 27.3 Å². The van der Waals surface area contributed by atoms with Crippen molar-refractivity contribution < 1.29 is 4.79 Å². The monoisotopic (exact) mass is 351 g/mol. The lowest BCUT2D eigenvalue weighted by Gasteiger charge is -2.35. The third-order valence-electron chi connectivity index (χ3n) is 4.86. The number of amides is 1. The molecule has 1 aliphatic heterocycles. The number of hydrogen-bond acceptors (Lipinski definition) is 3. The number of imidazole rings is 1. The minimum absolute atomic E-state index is 0.150. The van der Waals surface area contributed by atoms with Gasteiger partial charge in [-0.05, 0) is 43.5 Å². The standard InChI is InChI=1S/C20H21N3OS/c1-14-11-12-15-7-3-5-9-17(15)23(14)19(24)13-25-20-21-16-8-4-6-10-18(16)22(20)2/h3-10,14H,11-13H2,1-2H3. The number of hydrogen-bond donors (Lipinski definition) is 0. The Morgan fingerprint density at radius 3 is 2.80 bits per heavy atom. The van der Waals surface area contributed by atoms with Crippen molar-refractivity contribution in [3.05, 3.63) is 54.1 Å². The Bertz CT molecular complexity index is 934. The van der Waals surface area contributed by atoms with Crippen LogP contribution in [0.1, 0.15) is 18.9 Å². The predicted molar refractivity (Wildman–Crippen MR) is 103 cm³/mol. The number of para-hydroxylation sites is 3. The third kappa shape index (κ3) is 2.93. The van der Waals surface area contributed by atoms with E-state index in [0.717, 1.165) is 34.7 Å². The quantitative estimate of drug-likeness (QED) is 0.669. The number of rotatable bonds is 3. The van der Waals surface area contributed by atoms with Crippen LogP contribution in [0.15, 0.2) is 53.7 Å². The summed E-state index contributed by atoms with van der Waals surface area (Å²) in [7, 11) is 2.00. The van der Waals surface area contributed by atoms with E-state index in [1.165, 1.54) is 17.3 Å². The maximum Gasteiger partial charge on any atom is 0.237 e. The zero-order valence-corrected chi connectivity index (χ0v) is 15.3. The first kappa shape index (κ1) is 16.2. The zero-order chi connectivity index (χ0) is 17.4. The second kappa shape index (κ2) is 6.56. The van der Waals surface area contributed by atoms with Gasteiger partial charge < -0.3 is 9.47 Å². The van der Waals surface area contributed by atoms with Gasteiger partial charge in [-0.3, -0.25) is 4.79 Å². The summed E-state index contributed by atoms with van der Waals surface area (Å²) in [5.41, 5.74) is 4.39. The summed E-state index contributed by atoms with van der Waals surface area (Å²) in [6.45, 7) is 2.13. The average molecular weight is 351 g/mol. The van der Waals surface area contributed by atoms with Crippen molar-refractivity contribution in [2.24, 2.45) is 7.05 Å². The van der Waals surface area contributed by atoms with Gasteiger partial charge in [0.05, 0.1) is 16.8 Å². The fourth-order valence-electron chi connectivity index (χ4n) is 3.52. The molecule has 3 aromatic rings. The van der Waals surface area contributed by atoms with Crippen LogP contribution in [0.25, 0.3) is 11.0 Å². The average Bonchev–Trinajstić information content (AvgIpc) is 2.96. The molecule has 1 aliphatic rings. The van der Waals surface area contributed by atoms with Crippen LogP contribution >= 0.6 is 11.8 Å². The summed E-state index contributed by atoms with van der Waals surface area (Å²) in [6, 6.07) is 16.5. The number of thioether (sulfide) groups is 1. The van der Waals surface area contributed by atoms with Crippen LogP contribution in [0.5, 0.6) is 0 Å². The van der Waals surface area contributed by atoms with Crippen LogP contribution in [0, 0.1) is 0 Å². The van der Waals surface area contributed by atoms with E-state index in [4.69, 9.17) is 0 Å². The molecule has 0 radical (unpaired) electrons. The molecule has 0 fully saturated rings. The molecule has 0 saturated carbocycles. The molecule has 0 spiro atoms. The molecule has 2 aromatic carbocycles. The van der Waals surface area contributed by atoms with Crippen LogP contribution < -0.4 is 4.90 Å². The van der Waals surface area contributed by atoms with Crippen LogP contribution in [0.2, 0.25) is 0 Å². The van der Waals surface area contributed by atoms with Gasteiger partial charge in [0.15, 0.2) is 5.16 Å². The fourth-order valence-corrected chi connectivity index (χ4v) is 4.36. The highest BCUT2D eigenvalue weighted by Crippen LogP contribution is 2.31. The largest absolute Gasteiger partial charge is 0.322 e. The molecule has 25 heavy (non-hydrogen) atoms. The molecule has 0 saturated heterocycles. The van der Waals surface area contributed by atoms with Gasteiger partial charge in [0.2, 0.25) is 5.91 Å². The maximum absolute atomic E-state index is 12.9. The molecular weight excluding hydrogens is 330 g/mol. The fraction of sp³-hybridized carbons (Fsp3) is 0.300. The summed E-state index contributed by atoms with van der Waals surface area (Å²) in [5.74, 6) is 0.548. The van der Waals surface area contributed by atoms with Crippen molar-refractivity contribution >= 4 is 34.4 Å². The van der Waals surface area contributed by atoms with Crippen molar-refractivity contribution in [3.63, 3.8) is 0 Å². The summed E-state index contributed by atoms with van der Waals surface area (Å²) < 4.78 is 2.06. The lowest BCUT2D eigenvalue weighted by Crippen LogP contribution is -2.43. The number of nitrogens with zero attached hydrogens (tertiary/aromatic N) is 3. The predicted octanol–water partition coefficient (Wildman–Crippen LogP) is 4.03. The Morgan fingerprint density at radius 1 is 1.20 bits per heavy atom. The normalized spacial score (nSPS) is 16.9. The lowest BCUT2D eigenvalue weighted by molar-refractivity contribution is -0.116. The Labute approximate surface area is 151 Å². The van der Waals surface area contributed by atoms with Gasteiger partial charge in [-0.2, -0.15) is 0 Å². The van der Waals surface area contributed by atoms with Gasteiger partial charge in [0, 0.05) is 18.8 Å². The smallest absolute Gasteiger partial charge is 0.237 e. The van der Waals surface area contributed by atoms with Gasteiger partial charge in [0.1, 0.15) is 0 Å². The minimum Gasteiger partial charge on any atom is -0.322 e. The number of fused-ring (bicyclic) bond motifs is 2. The molecule has 1 amide bonds. The van der Waals surface area contributed by atoms with E-state index in [-0.39, 0.29) is 11.9 Å². The third-order valence-corrected chi connectivity index (χ3v) is 5.88. The Morgan fingerprint density at radius 2 is 1.96 bits per heavy atom. The highest BCUT2D eigenvalue weighted by Gasteiger charge is 2.28.